The number of fused-ring (bicyclic) bond motifs is 1. The second kappa shape index (κ2) is 10.6. The standard InChI is InChI=1S/C29H25N3O3S/c1-3-35-24-12-8-20(9-13-24)18-27-28(33)32(17-16-21-19-30-26-7-5-4-6-25(21)26)29(36-27)31-22-10-14-23(34-2)15-11-22/h3-15,18-19,30H,1,16-17H2,2H3/b27-18+,31-29-. The highest BCUT2D eigenvalue weighted by Gasteiger charge is 2.33. The summed E-state index contributed by atoms with van der Waals surface area (Å²) < 4.78 is 10.6. The Balaban J connectivity index is 1.43. The van der Waals surface area contributed by atoms with E-state index >= 15 is 0 Å². The maximum Gasteiger partial charge on any atom is 0.266 e. The van der Waals surface area contributed by atoms with Gasteiger partial charge in [0.05, 0.1) is 24.0 Å². The van der Waals surface area contributed by atoms with Crippen LogP contribution in [0.5, 0.6) is 11.5 Å². The summed E-state index contributed by atoms with van der Waals surface area (Å²) in [6.07, 6.45) is 6.00. The first-order valence-corrected chi connectivity index (χ1v) is 12.3. The number of benzene rings is 3. The van der Waals surface area contributed by atoms with E-state index in [1.54, 1.807) is 12.0 Å². The van der Waals surface area contributed by atoms with Gasteiger partial charge in [0, 0.05) is 23.6 Å². The Morgan fingerprint density at radius 3 is 2.53 bits per heavy atom. The monoisotopic (exact) mass is 495 g/mol. The van der Waals surface area contributed by atoms with Gasteiger partial charge >= 0.3 is 0 Å². The number of aromatic amines is 1. The third kappa shape index (κ3) is 5.06. The number of amides is 1. The van der Waals surface area contributed by atoms with Gasteiger partial charge < -0.3 is 14.5 Å². The van der Waals surface area contributed by atoms with Crippen molar-refractivity contribution in [3.8, 4) is 11.5 Å². The Kier molecular flexibility index (Phi) is 6.91. The first-order valence-electron chi connectivity index (χ1n) is 11.5. The molecule has 1 aromatic heterocycles. The number of nitrogens with one attached hydrogen (secondary N) is 1. The Morgan fingerprint density at radius 2 is 1.78 bits per heavy atom. The van der Waals surface area contributed by atoms with Crippen molar-refractivity contribution in [2.24, 2.45) is 4.99 Å². The fourth-order valence-corrected chi connectivity index (χ4v) is 5.04. The van der Waals surface area contributed by atoms with Gasteiger partial charge in [-0.05, 0) is 77.9 Å². The fraction of sp³-hybridized carbons (Fsp3) is 0.103. The SMILES string of the molecule is C=COc1ccc(/C=C2/S/C(=N\c3ccc(OC)cc3)N(CCc3c[nH]c4ccccc34)C2=O)cc1. The predicted molar refractivity (Wildman–Crippen MR) is 147 cm³/mol. The number of aliphatic imine (C=N–C) groups is 1. The molecule has 5 rings (SSSR count). The van der Waals surface area contributed by atoms with Crippen molar-refractivity contribution in [1.82, 2.24) is 9.88 Å². The number of para-hydroxylation sites is 1. The Labute approximate surface area is 214 Å². The molecule has 7 heteroatoms. The molecule has 6 nitrogen and oxygen atoms in total. The Hall–Kier alpha value is -4.23. The van der Waals surface area contributed by atoms with E-state index in [0.717, 1.165) is 22.5 Å². The number of amidine groups is 1. The first kappa shape index (κ1) is 23.5. The highest BCUT2D eigenvalue weighted by molar-refractivity contribution is 8.18. The van der Waals surface area contributed by atoms with Crippen LogP contribution in [-0.4, -0.2) is 34.6 Å². The van der Waals surface area contributed by atoms with Gasteiger partial charge in [-0.2, -0.15) is 0 Å². The van der Waals surface area contributed by atoms with Crippen molar-refractivity contribution in [2.45, 2.75) is 6.42 Å². The summed E-state index contributed by atoms with van der Waals surface area (Å²) in [6, 6.07) is 23.2. The molecule has 1 saturated heterocycles. The molecule has 0 atom stereocenters. The number of hydrogen-bond acceptors (Lipinski definition) is 5. The lowest BCUT2D eigenvalue weighted by Crippen LogP contribution is -2.31. The Morgan fingerprint density at radius 1 is 1.03 bits per heavy atom. The number of methoxy groups -OCH3 is 1. The molecule has 36 heavy (non-hydrogen) atoms. The number of carbonyl (C=O) groups is 1. The lowest BCUT2D eigenvalue weighted by Gasteiger charge is -2.15. The average Bonchev–Trinajstić information content (AvgIpc) is 3.45. The molecule has 0 unspecified atom stereocenters. The highest BCUT2D eigenvalue weighted by Crippen LogP contribution is 2.35. The molecule has 1 fully saturated rings. The van der Waals surface area contributed by atoms with Crippen molar-refractivity contribution in [2.75, 3.05) is 13.7 Å². The predicted octanol–water partition coefficient (Wildman–Crippen LogP) is 6.55. The zero-order valence-corrected chi connectivity index (χ0v) is 20.6. The van der Waals surface area contributed by atoms with Gasteiger partial charge in [0.15, 0.2) is 5.17 Å². The summed E-state index contributed by atoms with van der Waals surface area (Å²) >= 11 is 1.38. The molecule has 1 aliphatic rings. The molecule has 0 bridgehead atoms. The van der Waals surface area contributed by atoms with Crippen LogP contribution in [0.15, 0.2) is 102 Å². The molecule has 0 spiro atoms. The van der Waals surface area contributed by atoms with E-state index in [2.05, 4.69) is 23.7 Å². The van der Waals surface area contributed by atoms with Gasteiger partial charge in [0.1, 0.15) is 11.5 Å². The van der Waals surface area contributed by atoms with Crippen LogP contribution in [0.4, 0.5) is 5.69 Å². The van der Waals surface area contributed by atoms with Crippen LogP contribution in [0.1, 0.15) is 11.1 Å². The number of nitrogens with zero attached hydrogens (tertiary/aromatic N) is 2. The summed E-state index contributed by atoms with van der Waals surface area (Å²) in [4.78, 5) is 24.0. The van der Waals surface area contributed by atoms with E-state index in [1.165, 1.54) is 29.0 Å². The minimum atomic E-state index is -0.0569. The minimum Gasteiger partial charge on any atom is -0.497 e. The zero-order valence-electron chi connectivity index (χ0n) is 19.8. The normalized spacial score (nSPS) is 15.7. The average molecular weight is 496 g/mol. The Bertz CT molecular complexity index is 1450. The number of carbonyl (C=O) groups excluding carboxylic acids is 1. The van der Waals surface area contributed by atoms with E-state index in [4.69, 9.17) is 14.5 Å². The van der Waals surface area contributed by atoms with Crippen LogP contribution in [-0.2, 0) is 11.2 Å². The first-order chi connectivity index (χ1) is 17.6. The minimum absolute atomic E-state index is 0.0569. The summed E-state index contributed by atoms with van der Waals surface area (Å²) in [7, 11) is 1.63. The topological polar surface area (TPSA) is 66.9 Å². The highest BCUT2D eigenvalue weighted by atomic mass is 32.2. The van der Waals surface area contributed by atoms with Crippen molar-refractivity contribution in [1.29, 1.82) is 0 Å². The molecule has 1 amide bonds. The van der Waals surface area contributed by atoms with Crippen LogP contribution < -0.4 is 9.47 Å². The molecule has 1 aliphatic heterocycles. The van der Waals surface area contributed by atoms with Crippen LogP contribution in [0.25, 0.3) is 17.0 Å². The van der Waals surface area contributed by atoms with E-state index < -0.39 is 0 Å². The van der Waals surface area contributed by atoms with E-state index in [-0.39, 0.29) is 5.91 Å². The van der Waals surface area contributed by atoms with Crippen molar-refractivity contribution in [3.63, 3.8) is 0 Å². The van der Waals surface area contributed by atoms with Crippen molar-refractivity contribution < 1.29 is 14.3 Å². The third-order valence-electron chi connectivity index (χ3n) is 5.86. The summed E-state index contributed by atoms with van der Waals surface area (Å²) in [5.41, 5.74) is 3.92. The second-order valence-electron chi connectivity index (χ2n) is 8.12. The van der Waals surface area contributed by atoms with Crippen LogP contribution in [0.3, 0.4) is 0 Å². The molecule has 0 aliphatic carbocycles. The van der Waals surface area contributed by atoms with E-state index in [0.29, 0.717) is 28.8 Å². The number of thioether (sulfide) groups is 1. The second-order valence-corrected chi connectivity index (χ2v) is 9.13. The number of hydrogen-bond donors (Lipinski definition) is 1. The van der Waals surface area contributed by atoms with Gasteiger partial charge in [-0.1, -0.05) is 36.9 Å². The quantitative estimate of drug-likeness (QED) is 0.222. The molecular weight excluding hydrogens is 470 g/mol. The van der Waals surface area contributed by atoms with Gasteiger partial charge in [0.25, 0.3) is 5.91 Å². The molecule has 180 valence electrons. The van der Waals surface area contributed by atoms with Crippen LogP contribution in [0.2, 0.25) is 0 Å². The number of rotatable bonds is 8. The van der Waals surface area contributed by atoms with E-state index in [9.17, 15) is 4.79 Å². The summed E-state index contributed by atoms with van der Waals surface area (Å²) in [5, 5.41) is 1.82. The smallest absolute Gasteiger partial charge is 0.266 e. The lowest BCUT2D eigenvalue weighted by atomic mass is 10.1. The summed E-state index contributed by atoms with van der Waals surface area (Å²) in [5.74, 6) is 1.40. The van der Waals surface area contributed by atoms with Gasteiger partial charge in [-0.25, -0.2) is 4.99 Å². The zero-order chi connectivity index (χ0) is 24.9. The number of aromatic nitrogens is 1. The lowest BCUT2D eigenvalue weighted by molar-refractivity contribution is -0.122. The third-order valence-corrected chi connectivity index (χ3v) is 6.87. The molecule has 1 N–H and O–H groups in total. The number of H-pyrrole nitrogens is 1. The molecule has 3 aromatic carbocycles. The van der Waals surface area contributed by atoms with Gasteiger partial charge in [-0.15, -0.1) is 0 Å². The molecule has 0 saturated carbocycles. The molecule has 4 aromatic rings. The maximum atomic E-state index is 13.5. The molecular formula is C29H25N3O3S. The van der Waals surface area contributed by atoms with Crippen LogP contribution in [0, 0.1) is 0 Å². The largest absolute Gasteiger partial charge is 0.497 e. The maximum absolute atomic E-state index is 13.5. The van der Waals surface area contributed by atoms with Gasteiger partial charge in [-0.3, -0.25) is 9.69 Å². The van der Waals surface area contributed by atoms with Crippen molar-refractivity contribution in [3.05, 3.63) is 108 Å². The van der Waals surface area contributed by atoms with E-state index in [1.807, 2.05) is 72.9 Å². The van der Waals surface area contributed by atoms with Gasteiger partial charge in [0.2, 0.25) is 0 Å². The summed E-state index contributed by atoms with van der Waals surface area (Å²) in [6.45, 7) is 4.09. The number of ether oxygens (including phenoxy) is 2. The molecule has 2 heterocycles. The molecule has 0 radical (unpaired) electrons. The van der Waals surface area contributed by atoms with Crippen molar-refractivity contribution >= 4 is 45.5 Å². The van der Waals surface area contributed by atoms with Crippen LogP contribution >= 0.6 is 11.8 Å². The fourth-order valence-electron chi connectivity index (χ4n) is 4.02.